The smallest absolute Gasteiger partial charge is 0.265 e. The molecule has 33 heavy (non-hydrogen) atoms. The molecule has 4 rings (SSSR count). The summed E-state index contributed by atoms with van der Waals surface area (Å²) in [6, 6.07) is 14.0. The van der Waals surface area contributed by atoms with E-state index in [1.807, 2.05) is 0 Å². The van der Waals surface area contributed by atoms with Crippen LogP contribution in [0.3, 0.4) is 0 Å². The van der Waals surface area contributed by atoms with Crippen molar-refractivity contribution in [3.05, 3.63) is 69.6 Å². The van der Waals surface area contributed by atoms with E-state index >= 15 is 0 Å². The molecule has 8 heteroatoms. The van der Waals surface area contributed by atoms with Crippen molar-refractivity contribution in [2.24, 2.45) is 0 Å². The molecule has 1 unspecified atom stereocenters. The normalized spacial score (nSPS) is 13.5. The number of carbonyl (C=O) groups excluding carboxylic acids is 2. The monoisotopic (exact) mass is 484 g/mol. The fourth-order valence-electron chi connectivity index (χ4n) is 3.77. The van der Waals surface area contributed by atoms with E-state index in [1.54, 1.807) is 62.6 Å². The number of ether oxygens (including phenoxy) is 2. The van der Waals surface area contributed by atoms with Gasteiger partial charge in [0.25, 0.3) is 11.8 Å². The lowest BCUT2D eigenvalue weighted by molar-refractivity contribution is -0.122. The van der Waals surface area contributed by atoms with E-state index in [9.17, 15) is 9.59 Å². The summed E-state index contributed by atoms with van der Waals surface area (Å²) in [6.45, 7) is 1.67. The first-order valence-electron chi connectivity index (χ1n) is 10.8. The summed E-state index contributed by atoms with van der Waals surface area (Å²) in [6.07, 6.45) is 3.07. The van der Waals surface area contributed by atoms with Gasteiger partial charge < -0.3 is 20.1 Å². The Morgan fingerprint density at radius 2 is 1.79 bits per heavy atom. The van der Waals surface area contributed by atoms with E-state index in [0.717, 1.165) is 36.1 Å². The number of aryl methyl sites for hydroxylation is 1. The average Bonchev–Trinajstić information content (AvgIpc) is 3.17. The number of carbonyl (C=O) groups is 2. The molecule has 0 saturated carbocycles. The van der Waals surface area contributed by atoms with Crippen LogP contribution in [0.2, 0.25) is 5.02 Å². The molecule has 6 nitrogen and oxygen atoms in total. The van der Waals surface area contributed by atoms with E-state index in [2.05, 4.69) is 10.6 Å². The van der Waals surface area contributed by atoms with Crippen molar-refractivity contribution in [2.45, 2.75) is 38.7 Å². The molecule has 1 atom stereocenters. The molecule has 0 bridgehead atoms. The van der Waals surface area contributed by atoms with Crippen LogP contribution in [0, 0.1) is 0 Å². The standard InChI is InChI=1S/C25H25ClN2O4S/c1-15(32-19-7-5-6-16(26)14-19)23(29)28-25-22(20-8-3-4-9-21(20)33-25)24(30)27-17-10-12-18(31-2)13-11-17/h5-7,10-15H,3-4,8-9H2,1-2H3,(H,27,30)(H,28,29). The second-order valence-corrected chi connectivity index (χ2v) is 9.35. The first-order chi connectivity index (χ1) is 15.9. The SMILES string of the molecule is COc1ccc(NC(=O)c2c(NC(=O)C(C)Oc3cccc(Cl)c3)sc3c2CCCC3)cc1. The zero-order valence-electron chi connectivity index (χ0n) is 18.4. The van der Waals surface area contributed by atoms with Gasteiger partial charge in [-0.1, -0.05) is 17.7 Å². The average molecular weight is 485 g/mol. The number of benzene rings is 2. The van der Waals surface area contributed by atoms with Crippen molar-refractivity contribution in [1.29, 1.82) is 0 Å². The van der Waals surface area contributed by atoms with Gasteiger partial charge in [-0.15, -0.1) is 11.3 Å². The Morgan fingerprint density at radius 1 is 1.03 bits per heavy atom. The predicted octanol–water partition coefficient (Wildman–Crippen LogP) is 5.95. The van der Waals surface area contributed by atoms with Crippen LogP contribution >= 0.6 is 22.9 Å². The minimum atomic E-state index is -0.764. The van der Waals surface area contributed by atoms with E-state index < -0.39 is 6.10 Å². The van der Waals surface area contributed by atoms with Crippen molar-refractivity contribution in [3.63, 3.8) is 0 Å². The summed E-state index contributed by atoms with van der Waals surface area (Å²) in [5, 5.41) is 6.96. The van der Waals surface area contributed by atoms with Gasteiger partial charge in [-0.3, -0.25) is 9.59 Å². The third kappa shape index (κ3) is 5.49. The van der Waals surface area contributed by atoms with Gasteiger partial charge in [0.1, 0.15) is 16.5 Å². The van der Waals surface area contributed by atoms with Gasteiger partial charge >= 0.3 is 0 Å². The van der Waals surface area contributed by atoms with Crippen LogP contribution in [0.15, 0.2) is 48.5 Å². The minimum absolute atomic E-state index is 0.238. The summed E-state index contributed by atoms with van der Waals surface area (Å²) in [5.74, 6) is 0.654. The molecule has 2 amide bonds. The highest BCUT2D eigenvalue weighted by Crippen LogP contribution is 2.38. The van der Waals surface area contributed by atoms with Crippen LogP contribution in [0.25, 0.3) is 0 Å². The predicted molar refractivity (Wildman–Crippen MR) is 132 cm³/mol. The van der Waals surface area contributed by atoms with Crippen molar-refractivity contribution in [1.82, 2.24) is 0 Å². The molecular weight excluding hydrogens is 460 g/mol. The molecule has 3 aromatic rings. The highest BCUT2D eigenvalue weighted by molar-refractivity contribution is 7.17. The Labute approximate surface area is 201 Å². The second-order valence-electron chi connectivity index (χ2n) is 7.80. The van der Waals surface area contributed by atoms with E-state index in [0.29, 0.717) is 32.8 Å². The van der Waals surface area contributed by atoms with Gasteiger partial charge in [-0.25, -0.2) is 0 Å². The third-order valence-electron chi connectivity index (χ3n) is 5.46. The van der Waals surface area contributed by atoms with Gasteiger partial charge in [0, 0.05) is 15.6 Å². The highest BCUT2D eigenvalue weighted by Gasteiger charge is 2.28. The molecule has 0 saturated heterocycles. The van der Waals surface area contributed by atoms with E-state index in [1.165, 1.54) is 11.3 Å². The number of nitrogens with one attached hydrogen (secondary N) is 2. The number of fused-ring (bicyclic) bond motifs is 1. The van der Waals surface area contributed by atoms with Crippen molar-refractivity contribution in [2.75, 3.05) is 17.7 Å². The maximum atomic E-state index is 13.3. The van der Waals surface area contributed by atoms with Crippen molar-refractivity contribution in [3.8, 4) is 11.5 Å². The molecule has 0 aliphatic heterocycles. The highest BCUT2D eigenvalue weighted by atomic mass is 35.5. The number of methoxy groups -OCH3 is 1. The van der Waals surface area contributed by atoms with E-state index in [4.69, 9.17) is 21.1 Å². The summed E-state index contributed by atoms with van der Waals surface area (Å²) in [7, 11) is 1.59. The largest absolute Gasteiger partial charge is 0.497 e. The zero-order chi connectivity index (χ0) is 23.4. The first-order valence-corrected chi connectivity index (χ1v) is 12.0. The van der Waals surface area contributed by atoms with Crippen LogP contribution < -0.4 is 20.1 Å². The number of rotatable bonds is 7. The Morgan fingerprint density at radius 3 is 2.52 bits per heavy atom. The van der Waals surface area contributed by atoms with Gasteiger partial charge in [-0.05, 0) is 80.6 Å². The summed E-state index contributed by atoms with van der Waals surface area (Å²) >= 11 is 7.48. The second kappa shape index (κ2) is 10.3. The number of hydrogen-bond acceptors (Lipinski definition) is 5. The number of amides is 2. The van der Waals surface area contributed by atoms with E-state index in [-0.39, 0.29) is 11.8 Å². The fraction of sp³-hybridized carbons (Fsp3) is 0.280. The molecule has 2 N–H and O–H groups in total. The van der Waals surface area contributed by atoms with Crippen molar-refractivity contribution >= 4 is 45.4 Å². The quantitative estimate of drug-likeness (QED) is 0.434. The number of halogens is 1. The van der Waals surface area contributed by atoms with Crippen LogP contribution in [0.5, 0.6) is 11.5 Å². The summed E-state index contributed by atoms with van der Waals surface area (Å²) in [5.41, 5.74) is 2.22. The molecule has 0 radical (unpaired) electrons. The molecular formula is C25H25ClN2O4S. The van der Waals surface area contributed by atoms with Crippen LogP contribution in [-0.2, 0) is 17.6 Å². The van der Waals surface area contributed by atoms with Gasteiger partial charge in [0.05, 0.1) is 12.7 Å². The summed E-state index contributed by atoms with van der Waals surface area (Å²) in [4.78, 5) is 27.3. The maximum Gasteiger partial charge on any atom is 0.265 e. The van der Waals surface area contributed by atoms with Gasteiger partial charge in [0.15, 0.2) is 6.10 Å². The maximum absolute atomic E-state index is 13.3. The first kappa shape index (κ1) is 23.1. The Kier molecular flexibility index (Phi) is 7.20. The molecule has 1 heterocycles. The number of hydrogen-bond donors (Lipinski definition) is 2. The topological polar surface area (TPSA) is 76.7 Å². The van der Waals surface area contributed by atoms with Crippen LogP contribution in [0.1, 0.15) is 40.6 Å². The van der Waals surface area contributed by atoms with Crippen LogP contribution in [0.4, 0.5) is 10.7 Å². The molecule has 172 valence electrons. The van der Waals surface area contributed by atoms with Crippen molar-refractivity contribution < 1.29 is 19.1 Å². The molecule has 1 aliphatic rings. The van der Waals surface area contributed by atoms with Gasteiger partial charge in [0.2, 0.25) is 0 Å². The number of thiophene rings is 1. The third-order valence-corrected chi connectivity index (χ3v) is 6.90. The Hall–Kier alpha value is -3.03. The lowest BCUT2D eigenvalue weighted by Gasteiger charge is -2.16. The molecule has 1 aromatic heterocycles. The Balaban J connectivity index is 1.54. The lowest BCUT2D eigenvalue weighted by atomic mass is 9.95. The fourth-order valence-corrected chi connectivity index (χ4v) is 5.24. The molecule has 2 aromatic carbocycles. The minimum Gasteiger partial charge on any atom is -0.497 e. The number of anilines is 2. The lowest BCUT2D eigenvalue weighted by Crippen LogP contribution is -2.30. The zero-order valence-corrected chi connectivity index (χ0v) is 20.0. The molecule has 0 fully saturated rings. The Bertz CT molecular complexity index is 1160. The van der Waals surface area contributed by atoms with Gasteiger partial charge in [-0.2, -0.15) is 0 Å². The molecule has 0 spiro atoms. The summed E-state index contributed by atoms with van der Waals surface area (Å²) < 4.78 is 10.9. The van der Waals surface area contributed by atoms with Crippen LogP contribution in [-0.4, -0.2) is 25.0 Å². The molecule has 1 aliphatic carbocycles.